The molecule has 0 fully saturated rings. The smallest absolute Gasteiger partial charge is 0.330 e. The monoisotopic (exact) mass is 440 g/mol. The van der Waals surface area contributed by atoms with E-state index < -0.39 is 5.97 Å². The van der Waals surface area contributed by atoms with Crippen LogP contribution in [0.4, 0.5) is 0 Å². The third-order valence-corrected chi connectivity index (χ3v) is 3.75. The van der Waals surface area contributed by atoms with E-state index in [1.54, 1.807) is 13.0 Å². The molecule has 0 spiro atoms. The number of halogens is 3. The van der Waals surface area contributed by atoms with E-state index in [-0.39, 0.29) is 0 Å². The summed E-state index contributed by atoms with van der Waals surface area (Å²) < 4.78 is 8.21. The topological polar surface area (TPSA) is 46.5 Å². The van der Waals surface area contributed by atoms with Gasteiger partial charge in [-0.15, -0.1) is 0 Å². The van der Waals surface area contributed by atoms with Gasteiger partial charge in [0.15, 0.2) is 0 Å². The van der Waals surface area contributed by atoms with Gasteiger partial charge >= 0.3 is 5.97 Å². The van der Waals surface area contributed by atoms with Gasteiger partial charge in [0.1, 0.15) is 5.75 Å². The maximum Gasteiger partial charge on any atom is 0.330 e. The molecular weight excluding hydrogens is 432 g/mol. The van der Waals surface area contributed by atoms with E-state index >= 15 is 0 Å². The fourth-order valence-electron chi connectivity index (χ4n) is 1.19. The maximum atomic E-state index is 10.6. The Kier molecular flexibility index (Phi) is 6.38. The quantitative estimate of drug-likeness (QED) is 0.527. The molecule has 0 aliphatic rings. The molecule has 98 valence electrons. The predicted molar refractivity (Wildman–Crippen MR) is 81.0 cm³/mol. The number of aliphatic carboxylic acids is 1. The fourth-order valence-corrected chi connectivity index (χ4v) is 3.68. The van der Waals surface area contributed by atoms with Crippen LogP contribution >= 0.6 is 47.8 Å². The molecule has 0 saturated heterocycles. The molecule has 18 heavy (non-hydrogen) atoms. The molecule has 0 bridgehead atoms. The van der Waals surface area contributed by atoms with Gasteiger partial charge in [-0.05, 0) is 50.9 Å². The van der Waals surface area contributed by atoms with Gasteiger partial charge in [0, 0.05) is 16.5 Å². The van der Waals surface area contributed by atoms with Crippen molar-refractivity contribution in [1.82, 2.24) is 0 Å². The molecule has 1 aromatic rings. The normalized spacial score (nSPS) is 11.4. The Hall–Kier alpha value is -0.330. The van der Waals surface area contributed by atoms with Gasteiger partial charge in [0.05, 0.1) is 15.6 Å². The summed E-state index contributed by atoms with van der Waals surface area (Å²) in [7, 11) is 0. The summed E-state index contributed by atoms with van der Waals surface area (Å²) in [5, 5.41) is 8.69. The number of hydrogen-bond acceptors (Lipinski definition) is 2. The van der Waals surface area contributed by atoms with Crippen molar-refractivity contribution in [3.05, 3.63) is 37.2 Å². The van der Waals surface area contributed by atoms with E-state index in [0.29, 0.717) is 24.4 Å². The molecule has 0 radical (unpaired) electrons. The van der Waals surface area contributed by atoms with Crippen LogP contribution in [0.15, 0.2) is 37.2 Å². The second-order valence-electron chi connectivity index (χ2n) is 3.53. The van der Waals surface area contributed by atoms with Crippen LogP contribution < -0.4 is 4.74 Å². The molecule has 1 aromatic carbocycles. The highest BCUT2D eigenvalue weighted by Gasteiger charge is 2.07. The van der Waals surface area contributed by atoms with Crippen molar-refractivity contribution >= 4 is 53.8 Å². The Labute approximate surface area is 131 Å². The molecule has 3 nitrogen and oxygen atoms in total. The molecule has 0 unspecified atom stereocenters. The molecule has 0 saturated carbocycles. The van der Waals surface area contributed by atoms with Crippen LogP contribution in [-0.4, -0.2) is 17.7 Å². The second kappa shape index (κ2) is 7.31. The van der Waals surface area contributed by atoms with E-state index in [1.807, 2.05) is 12.1 Å². The van der Waals surface area contributed by atoms with Crippen LogP contribution in [0.1, 0.15) is 13.3 Å². The molecule has 0 amide bonds. The van der Waals surface area contributed by atoms with E-state index in [2.05, 4.69) is 47.8 Å². The number of benzene rings is 1. The molecule has 0 atom stereocenters. The minimum absolute atomic E-state index is 0.326. The van der Waals surface area contributed by atoms with Crippen molar-refractivity contribution in [2.24, 2.45) is 0 Å². The molecule has 0 aliphatic heterocycles. The first-order valence-electron chi connectivity index (χ1n) is 5.09. The van der Waals surface area contributed by atoms with Gasteiger partial charge in [-0.3, -0.25) is 0 Å². The van der Waals surface area contributed by atoms with Crippen LogP contribution in [0.5, 0.6) is 5.75 Å². The van der Waals surface area contributed by atoms with Crippen molar-refractivity contribution in [3.8, 4) is 5.75 Å². The van der Waals surface area contributed by atoms with Crippen molar-refractivity contribution < 1.29 is 14.6 Å². The van der Waals surface area contributed by atoms with Gasteiger partial charge in [-0.25, -0.2) is 4.79 Å². The van der Waals surface area contributed by atoms with Crippen molar-refractivity contribution in [2.75, 3.05) is 6.61 Å². The zero-order chi connectivity index (χ0) is 13.7. The summed E-state index contributed by atoms with van der Waals surface area (Å²) >= 11 is 10.2. The molecule has 0 aromatic heterocycles. The lowest BCUT2D eigenvalue weighted by Gasteiger charge is -2.09. The third kappa shape index (κ3) is 4.74. The van der Waals surface area contributed by atoms with Gasteiger partial charge in [0.2, 0.25) is 0 Å². The van der Waals surface area contributed by atoms with E-state index in [0.717, 1.165) is 13.4 Å². The summed E-state index contributed by atoms with van der Waals surface area (Å²) in [4.78, 5) is 10.6. The summed E-state index contributed by atoms with van der Waals surface area (Å²) in [5.74, 6) is -0.194. The Morgan fingerprint density at radius 1 is 1.33 bits per heavy atom. The first kappa shape index (κ1) is 15.7. The molecular formula is C12H11Br3O3. The first-order valence-corrected chi connectivity index (χ1v) is 7.47. The highest BCUT2D eigenvalue weighted by Crippen LogP contribution is 2.36. The highest BCUT2D eigenvalue weighted by molar-refractivity contribution is 9.11. The van der Waals surface area contributed by atoms with Crippen LogP contribution in [0.3, 0.4) is 0 Å². The summed E-state index contributed by atoms with van der Waals surface area (Å²) in [5.41, 5.74) is 0.326. The zero-order valence-corrected chi connectivity index (χ0v) is 14.3. The van der Waals surface area contributed by atoms with Crippen molar-refractivity contribution in [3.63, 3.8) is 0 Å². The largest absolute Gasteiger partial charge is 0.491 e. The van der Waals surface area contributed by atoms with Crippen molar-refractivity contribution in [2.45, 2.75) is 13.3 Å². The number of carbonyl (C=O) groups is 1. The highest BCUT2D eigenvalue weighted by atomic mass is 79.9. The summed E-state index contributed by atoms with van der Waals surface area (Å²) in [6, 6.07) is 3.77. The van der Waals surface area contributed by atoms with Gasteiger partial charge in [0.25, 0.3) is 0 Å². The van der Waals surface area contributed by atoms with Crippen LogP contribution in [0.25, 0.3) is 0 Å². The number of rotatable bonds is 5. The Bertz CT molecular complexity index is 460. The summed E-state index contributed by atoms with van der Waals surface area (Å²) in [6.07, 6.45) is 2.19. The van der Waals surface area contributed by atoms with Crippen LogP contribution in [0.2, 0.25) is 0 Å². The zero-order valence-electron chi connectivity index (χ0n) is 9.54. The number of hydrogen-bond donors (Lipinski definition) is 1. The number of ether oxygens (including phenoxy) is 1. The maximum absolute atomic E-state index is 10.6. The van der Waals surface area contributed by atoms with Gasteiger partial charge < -0.3 is 9.84 Å². The van der Waals surface area contributed by atoms with Gasteiger partial charge in [-0.1, -0.05) is 22.0 Å². The molecule has 1 N–H and O–H groups in total. The van der Waals surface area contributed by atoms with E-state index in [1.165, 1.54) is 0 Å². The average molecular weight is 443 g/mol. The number of carboxylic acid groups (broad SMARTS) is 1. The molecule has 6 heteroatoms. The SMILES string of the molecule is C/C(=C\CCOc1c(Br)cc(Br)cc1Br)C(=O)O. The summed E-state index contributed by atoms with van der Waals surface area (Å²) in [6.45, 7) is 1.98. The lowest BCUT2D eigenvalue weighted by Crippen LogP contribution is -2.00. The minimum atomic E-state index is -0.902. The molecule has 0 heterocycles. The Morgan fingerprint density at radius 2 is 1.89 bits per heavy atom. The van der Waals surface area contributed by atoms with Crippen LogP contribution in [0, 0.1) is 0 Å². The Balaban J connectivity index is 2.60. The van der Waals surface area contributed by atoms with Crippen LogP contribution in [-0.2, 0) is 4.79 Å². The third-order valence-electron chi connectivity index (χ3n) is 2.12. The molecule has 0 aliphatic carbocycles. The second-order valence-corrected chi connectivity index (χ2v) is 6.15. The van der Waals surface area contributed by atoms with E-state index in [4.69, 9.17) is 9.84 Å². The first-order chi connectivity index (χ1) is 8.41. The lowest BCUT2D eigenvalue weighted by molar-refractivity contribution is -0.132. The van der Waals surface area contributed by atoms with Gasteiger partial charge in [-0.2, -0.15) is 0 Å². The van der Waals surface area contributed by atoms with Crippen molar-refractivity contribution in [1.29, 1.82) is 0 Å². The fraction of sp³-hybridized carbons (Fsp3) is 0.250. The lowest BCUT2D eigenvalue weighted by atomic mass is 10.2. The standard InChI is InChI=1S/C12H11Br3O3/c1-7(12(16)17)3-2-4-18-11-9(14)5-8(13)6-10(11)15/h3,5-6H,2,4H2,1H3,(H,16,17)/b7-3+. The Morgan fingerprint density at radius 3 is 2.39 bits per heavy atom. The number of carboxylic acids is 1. The molecule has 1 rings (SSSR count). The average Bonchev–Trinajstić information content (AvgIpc) is 2.26. The minimum Gasteiger partial charge on any atom is -0.491 e. The van der Waals surface area contributed by atoms with E-state index in [9.17, 15) is 4.79 Å². The predicted octanol–water partition coefficient (Wildman–Crippen LogP) is 4.77.